The summed E-state index contributed by atoms with van der Waals surface area (Å²) in [6.45, 7) is 1.91. The highest BCUT2D eigenvalue weighted by Gasteiger charge is 2.31. The molecule has 0 saturated heterocycles. The van der Waals surface area contributed by atoms with Gasteiger partial charge in [-0.1, -0.05) is 0 Å². The molecule has 0 radical (unpaired) electrons. The van der Waals surface area contributed by atoms with Crippen molar-refractivity contribution in [2.24, 2.45) is 0 Å². The zero-order chi connectivity index (χ0) is 21.7. The molecule has 158 valence electrons. The standard InChI is InChI=1S/C21H15ClFN3O4S/c1-9-3-11(17-14(4-9)25-16(28-2)7-24-17)20-26-15-6-13(23)18-12(19(15)31-20)5-10(30-18)8-29-21(22)27/h3-4,6-7,10H,5,8H2,1-2H3/t10-/m1/s1. The maximum Gasteiger partial charge on any atom is 0.403 e. The third kappa shape index (κ3) is 3.53. The summed E-state index contributed by atoms with van der Waals surface area (Å²) < 4.78 is 31.1. The van der Waals surface area contributed by atoms with E-state index in [4.69, 9.17) is 25.8 Å². The molecule has 0 aliphatic carbocycles. The lowest BCUT2D eigenvalue weighted by atomic mass is 10.1. The Morgan fingerprint density at radius 2 is 2.16 bits per heavy atom. The van der Waals surface area contributed by atoms with E-state index < -0.39 is 17.3 Å². The third-order valence-electron chi connectivity index (χ3n) is 4.99. The summed E-state index contributed by atoms with van der Waals surface area (Å²) in [4.78, 5) is 24.5. The summed E-state index contributed by atoms with van der Waals surface area (Å²) >= 11 is 6.66. The van der Waals surface area contributed by atoms with E-state index in [1.165, 1.54) is 17.4 Å². The minimum atomic E-state index is -0.922. The van der Waals surface area contributed by atoms with Crippen LogP contribution in [0.15, 0.2) is 24.4 Å². The largest absolute Gasteiger partial charge is 0.483 e. The molecule has 0 saturated carbocycles. The predicted molar refractivity (Wildman–Crippen MR) is 115 cm³/mol. The van der Waals surface area contributed by atoms with Crippen molar-refractivity contribution in [2.45, 2.75) is 19.4 Å². The topological polar surface area (TPSA) is 83.4 Å². The van der Waals surface area contributed by atoms with Gasteiger partial charge >= 0.3 is 5.43 Å². The van der Waals surface area contributed by atoms with E-state index in [0.29, 0.717) is 39.4 Å². The van der Waals surface area contributed by atoms with Crippen molar-refractivity contribution in [3.8, 4) is 22.2 Å². The first-order valence-electron chi connectivity index (χ1n) is 9.35. The summed E-state index contributed by atoms with van der Waals surface area (Å²) in [6.07, 6.45) is 1.45. The van der Waals surface area contributed by atoms with Gasteiger partial charge in [-0.2, -0.15) is 0 Å². The zero-order valence-electron chi connectivity index (χ0n) is 16.4. The van der Waals surface area contributed by atoms with Crippen molar-refractivity contribution in [3.63, 3.8) is 0 Å². The fourth-order valence-corrected chi connectivity index (χ4v) is 4.88. The maximum atomic E-state index is 14.7. The monoisotopic (exact) mass is 459 g/mol. The number of fused-ring (bicyclic) bond motifs is 4. The van der Waals surface area contributed by atoms with Gasteiger partial charge in [0.2, 0.25) is 5.88 Å². The van der Waals surface area contributed by atoms with E-state index in [-0.39, 0.29) is 12.4 Å². The molecule has 10 heteroatoms. The van der Waals surface area contributed by atoms with Gasteiger partial charge in [-0.05, 0) is 24.6 Å². The summed E-state index contributed by atoms with van der Waals surface area (Å²) in [5.74, 6) is 0.0868. The molecule has 1 aliphatic rings. The zero-order valence-corrected chi connectivity index (χ0v) is 18.0. The normalized spacial score (nSPS) is 15.2. The first-order valence-corrected chi connectivity index (χ1v) is 10.5. The highest BCUT2D eigenvalue weighted by molar-refractivity contribution is 7.22. The van der Waals surface area contributed by atoms with Crippen LogP contribution in [0.3, 0.4) is 0 Å². The fourth-order valence-electron chi connectivity index (χ4n) is 3.70. The number of hydrogen-bond acceptors (Lipinski definition) is 8. The van der Waals surface area contributed by atoms with Gasteiger partial charge in [-0.15, -0.1) is 11.3 Å². The number of aryl methyl sites for hydroxylation is 1. The summed E-state index contributed by atoms with van der Waals surface area (Å²) in [5, 5.41) is 0.701. The number of halogens is 2. The first kappa shape index (κ1) is 19.9. The molecule has 1 aliphatic heterocycles. The average Bonchev–Trinajstić information content (AvgIpc) is 3.35. The Balaban J connectivity index is 1.61. The lowest BCUT2D eigenvalue weighted by Gasteiger charge is -2.09. The van der Waals surface area contributed by atoms with Crippen molar-refractivity contribution < 1.29 is 23.4 Å². The van der Waals surface area contributed by atoms with Gasteiger partial charge in [-0.3, -0.25) is 0 Å². The molecule has 0 N–H and O–H groups in total. The van der Waals surface area contributed by atoms with Crippen LogP contribution in [0.5, 0.6) is 11.6 Å². The molecular weight excluding hydrogens is 445 g/mol. The summed E-state index contributed by atoms with van der Waals surface area (Å²) in [6, 6.07) is 5.27. The molecule has 0 spiro atoms. The van der Waals surface area contributed by atoms with Crippen molar-refractivity contribution in [1.29, 1.82) is 0 Å². The number of carbonyl (C=O) groups is 1. The predicted octanol–water partition coefficient (Wildman–Crippen LogP) is 5.04. The van der Waals surface area contributed by atoms with Gasteiger partial charge in [0.25, 0.3) is 0 Å². The van der Waals surface area contributed by atoms with Gasteiger partial charge in [0.15, 0.2) is 11.6 Å². The van der Waals surface area contributed by atoms with E-state index in [9.17, 15) is 9.18 Å². The number of hydrogen-bond donors (Lipinski definition) is 0. The van der Waals surface area contributed by atoms with Crippen LogP contribution in [0.2, 0.25) is 0 Å². The molecule has 0 amide bonds. The van der Waals surface area contributed by atoms with Crippen LogP contribution in [0.25, 0.3) is 31.8 Å². The highest BCUT2D eigenvalue weighted by atomic mass is 35.5. The second kappa shape index (κ2) is 7.58. The van der Waals surface area contributed by atoms with Crippen LogP contribution < -0.4 is 9.47 Å². The number of benzene rings is 2. The number of carbonyl (C=O) groups excluding carboxylic acids is 1. The number of aromatic nitrogens is 3. The third-order valence-corrected chi connectivity index (χ3v) is 6.26. The molecule has 2 aromatic heterocycles. The molecule has 5 rings (SSSR count). The lowest BCUT2D eigenvalue weighted by Crippen LogP contribution is -2.21. The molecule has 2 aromatic carbocycles. The molecule has 0 bridgehead atoms. The van der Waals surface area contributed by atoms with Gasteiger partial charge in [-0.25, -0.2) is 24.1 Å². The van der Waals surface area contributed by atoms with Crippen LogP contribution in [0, 0.1) is 12.7 Å². The van der Waals surface area contributed by atoms with E-state index in [1.807, 2.05) is 19.1 Å². The van der Waals surface area contributed by atoms with Crippen molar-refractivity contribution in [2.75, 3.05) is 13.7 Å². The van der Waals surface area contributed by atoms with Crippen LogP contribution in [-0.2, 0) is 11.2 Å². The summed E-state index contributed by atoms with van der Waals surface area (Å²) in [7, 11) is 1.54. The molecule has 31 heavy (non-hydrogen) atoms. The van der Waals surface area contributed by atoms with Crippen molar-refractivity contribution in [3.05, 3.63) is 41.3 Å². The number of thiazole rings is 1. The average molecular weight is 460 g/mol. The number of ether oxygens (including phenoxy) is 3. The minimum Gasteiger partial charge on any atom is -0.483 e. The van der Waals surface area contributed by atoms with Crippen LogP contribution in [0.4, 0.5) is 9.18 Å². The quantitative estimate of drug-likeness (QED) is 0.395. The van der Waals surface area contributed by atoms with E-state index in [0.717, 1.165) is 15.8 Å². The first-order chi connectivity index (χ1) is 14.9. The smallest absolute Gasteiger partial charge is 0.403 e. The van der Waals surface area contributed by atoms with Crippen molar-refractivity contribution >= 4 is 49.6 Å². The molecule has 1 atom stereocenters. The number of rotatable bonds is 4. The number of nitrogens with zero attached hydrogens (tertiary/aromatic N) is 3. The second-order valence-electron chi connectivity index (χ2n) is 7.12. The Bertz CT molecular complexity index is 1360. The SMILES string of the molecule is COc1cnc2c(-c3nc4cc(F)c5c(c4s3)C[C@H](COC(=O)Cl)O5)cc(C)cc2n1. The Kier molecular flexibility index (Phi) is 4.86. The van der Waals surface area contributed by atoms with Gasteiger partial charge in [0, 0.05) is 35.2 Å². The highest BCUT2D eigenvalue weighted by Crippen LogP contribution is 2.43. The molecule has 3 heterocycles. The van der Waals surface area contributed by atoms with Gasteiger partial charge in [0.05, 0.1) is 34.6 Å². The molecule has 7 nitrogen and oxygen atoms in total. The summed E-state index contributed by atoms with van der Waals surface area (Å²) in [5.41, 5.74) is 3.50. The lowest BCUT2D eigenvalue weighted by molar-refractivity contribution is 0.107. The Morgan fingerprint density at radius 3 is 2.94 bits per heavy atom. The van der Waals surface area contributed by atoms with Crippen LogP contribution in [-0.4, -0.2) is 40.2 Å². The van der Waals surface area contributed by atoms with Crippen LogP contribution >= 0.6 is 22.9 Å². The fraction of sp³-hybridized carbons (Fsp3) is 0.238. The van der Waals surface area contributed by atoms with Crippen molar-refractivity contribution in [1.82, 2.24) is 15.0 Å². The van der Waals surface area contributed by atoms with Crippen LogP contribution in [0.1, 0.15) is 11.1 Å². The van der Waals surface area contributed by atoms with E-state index >= 15 is 0 Å². The minimum absolute atomic E-state index is 0.0520. The van der Waals surface area contributed by atoms with E-state index in [2.05, 4.69) is 15.0 Å². The van der Waals surface area contributed by atoms with E-state index in [1.54, 1.807) is 13.3 Å². The Morgan fingerprint density at radius 1 is 1.32 bits per heavy atom. The molecule has 4 aromatic rings. The Hall–Kier alpha value is -3.04. The number of methoxy groups -OCH3 is 1. The Labute approximate surface area is 184 Å². The maximum absolute atomic E-state index is 14.7. The van der Waals surface area contributed by atoms with Gasteiger partial charge < -0.3 is 14.2 Å². The van der Waals surface area contributed by atoms with Gasteiger partial charge in [0.1, 0.15) is 17.7 Å². The second-order valence-corrected chi connectivity index (χ2v) is 8.43. The molecular formula is C21H15ClFN3O4S. The molecule has 0 unspecified atom stereocenters. The molecule has 0 fully saturated rings.